The van der Waals surface area contributed by atoms with Crippen molar-refractivity contribution in [2.24, 2.45) is 17.8 Å². The Balaban J connectivity index is 1.27. The Bertz CT molecular complexity index is 1030. The molecular weight excluding hydrogens is 464 g/mol. The highest BCUT2D eigenvalue weighted by Gasteiger charge is 2.43. The van der Waals surface area contributed by atoms with E-state index in [2.05, 4.69) is 20.4 Å². The molecule has 10 heteroatoms. The van der Waals surface area contributed by atoms with Crippen molar-refractivity contribution in [2.75, 3.05) is 45.3 Å². The number of hydrogen-bond acceptors (Lipinski definition) is 6. The lowest BCUT2D eigenvalue weighted by molar-refractivity contribution is -0.137. The van der Waals surface area contributed by atoms with Crippen molar-refractivity contribution in [3.8, 4) is 17.0 Å². The summed E-state index contributed by atoms with van der Waals surface area (Å²) in [5, 5.41) is 10.8. The van der Waals surface area contributed by atoms with Gasteiger partial charge in [0.25, 0.3) is 0 Å². The van der Waals surface area contributed by atoms with Crippen LogP contribution in [0.3, 0.4) is 0 Å². The number of benzene rings is 1. The van der Waals surface area contributed by atoms with Crippen LogP contribution in [0, 0.1) is 23.6 Å². The molecule has 35 heavy (non-hydrogen) atoms. The summed E-state index contributed by atoms with van der Waals surface area (Å²) < 4.78 is 66.6. The number of nitrogens with zero attached hydrogens (tertiary/aromatic N) is 3. The Hall–Kier alpha value is -2.46. The van der Waals surface area contributed by atoms with Crippen LogP contribution in [0.25, 0.3) is 11.3 Å². The van der Waals surface area contributed by atoms with Gasteiger partial charge < -0.3 is 19.7 Å². The summed E-state index contributed by atoms with van der Waals surface area (Å²) >= 11 is 0. The normalized spacial score (nSPS) is 25.6. The molecular formula is C25H30F4N4O2. The molecule has 2 aromatic rings. The van der Waals surface area contributed by atoms with Gasteiger partial charge in [-0.3, -0.25) is 0 Å². The molecule has 3 aliphatic rings. The van der Waals surface area contributed by atoms with E-state index in [-0.39, 0.29) is 23.1 Å². The summed E-state index contributed by atoms with van der Waals surface area (Å²) in [6, 6.07) is 4.62. The number of alkyl halides is 3. The number of methoxy groups -OCH3 is 1. The van der Waals surface area contributed by atoms with Crippen LogP contribution >= 0.6 is 0 Å². The van der Waals surface area contributed by atoms with Crippen molar-refractivity contribution in [3.63, 3.8) is 0 Å². The van der Waals surface area contributed by atoms with E-state index in [4.69, 9.17) is 9.47 Å². The minimum atomic E-state index is -4.66. The fourth-order valence-electron chi connectivity index (χ4n) is 5.83. The lowest BCUT2D eigenvalue weighted by atomic mass is 10.00. The second-order valence-corrected chi connectivity index (χ2v) is 9.94. The summed E-state index contributed by atoms with van der Waals surface area (Å²) in [6.07, 6.45) is -0.840. The minimum absolute atomic E-state index is 0.0890. The van der Waals surface area contributed by atoms with E-state index in [1.165, 1.54) is 19.2 Å². The van der Waals surface area contributed by atoms with Gasteiger partial charge in [-0.25, -0.2) is 4.39 Å². The lowest BCUT2D eigenvalue weighted by Crippen LogP contribution is -2.32. The zero-order valence-electron chi connectivity index (χ0n) is 19.7. The zero-order valence-corrected chi connectivity index (χ0v) is 19.7. The van der Waals surface area contributed by atoms with Crippen molar-refractivity contribution < 1.29 is 27.0 Å². The summed E-state index contributed by atoms with van der Waals surface area (Å²) in [5.41, 5.74) is -1.22. The van der Waals surface area contributed by atoms with Crippen molar-refractivity contribution >= 4 is 5.82 Å². The fourth-order valence-corrected chi connectivity index (χ4v) is 5.83. The molecule has 190 valence electrons. The van der Waals surface area contributed by atoms with E-state index >= 15 is 0 Å². The molecule has 3 heterocycles. The van der Waals surface area contributed by atoms with Crippen molar-refractivity contribution in [1.82, 2.24) is 15.1 Å². The number of nitrogens with one attached hydrogen (secondary N) is 1. The molecule has 1 aliphatic carbocycles. The van der Waals surface area contributed by atoms with Crippen LogP contribution in [0.4, 0.5) is 23.4 Å². The molecule has 3 atom stereocenters. The SMILES string of the molecule is COc1ccc(F)c(-c2cc(C(F)(F)F)c(NC3C[C@@H]4CN(CC5CCOCC5)C[C@@H]4C3)nn2)c1. The number of rotatable bonds is 6. The quantitative estimate of drug-likeness (QED) is 0.579. The molecule has 5 rings (SSSR count). The number of anilines is 1. The van der Waals surface area contributed by atoms with Gasteiger partial charge in [-0.15, -0.1) is 10.2 Å². The Morgan fingerprint density at radius 2 is 1.80 bits per heavy atom. The number of hydrogen-bond donors (Lipinski definition) is 1. The van der Waals surface area contributed by atoms with E-state index in [0.717, 1.165) is 70.7 Å². The molecule has 1 aromatic carbocycles. The van der Waals surface area contributed by atoms with Crippen molar-refractivity contribution in [3.05, 3.63) is 35.6 Å². The predicted octanol–water partition coefficient (Wildman–Crippen LogP) is 4.86. The monoisotopic (exact) mass is 494 g/mol. The third-order valence-electron chi connectivity index (χ3n) is 7.57. The molecule has 0 bridgehead atoms. The molecule has 1 unspecified atom stereocenters. The Kier molecular flexibility index (Phi) is 6.85. The van der Waals surface area contributed by atoms with E-state index in [1.807, 2.05) is 0 Å². The Morgan fingerprint density at radius 3 is 2.46 bits per heavy atom. The first-order chi connectivity index (χ1) is 16.8. The highest BCUT2D eigenvalue weighted by atomic mass is 19.4. The Morgan fingerprint density at radius 1 is 1.09 bits per heavy atom. The first kappa shape index (κ1) is 24.2. The maximum atomic E-state index is 14.3. The third-order valence-corrected chi connectivity index (χ3v) is 7.57. The molecule has 2 saturated heterocycles. The van der Waals surface area contributed by atoms with Gasteiger partial charge >= 0.3 is 6.18 Å². The average molecular weight is 495 g/mol. The van der Waals surface area contributed by atoms with Crippen LogP contribution < -0.4 is 10.1 Å². The van der Waals surface area contributed by atoms with E-state index in [9.17, 15) is 17.6 Å². The molecule has 1 N–H and O–H groups in total. The molecule has 0 radical (unpaired) electrons. The van der Waals surface area contributed by atoms with Gasteiger partial charge in [-0.1, -0.05) is 0 Å². The lowest BCUT2D eigenvalue weighted by Gasteiger charge is -2.28. The van der Waals surface area contributed by atoms with Crippen LogP contribution in [0.5, 0.6) is 5.75 Å². The maximum Gasteiger partial charge on any atom is 0.420 e. The van der Waals surface area contributed by atoms with E-state index < -0.39 is 17.6 Å². The first-order valence-electron chi connectivity index (χ1n) is 12.2. The van der Waals surface area contributed by atoms with Gasteiger partial charge in [0.1, 0.15) is 17.1 Å². The topological polar surface area (TPSA) is 59.5 Å². The van der Waals surface area contributed by atoms with E-state index in [1.54, 1.807) is 0 Å². The second kappa shape index (κ2) is 9.89. The van der Waals surface area contributed by atoms with Crippen LogP contribution in [-0.4, -0.2) is 61.1 Å². The molecule has 3 fully saturated rings. The van der Waals surface area contributed by atoms with Gasteiger partial charge in [-0.2, -0.15) is 13.2 Å². The number of aromatic nitrogens is 2. The van der Waals surface area contributed by atoms with E-state index in [0.29, 0.717) is 23.5 Å². The molecule has 0 amide bonds. The van der Waals surface area contributed by atoms with Crippen LogP contribution in [-0.2, 0) is 10.9 Å². The molecule has 1 aromatic heterocycles. The first-order valence-corrected chi connectivity index (χ1v) is 12.2. The second-order valence-electron chi connectivity index (χ2n) is 9.94. The molecule has 2 aliphatic heterocycles. The number of halogens is 4. The van der Waals surface area contributed by atoms with Crippen molar-refractivity contribution in [1.29, 1.82) is 0 Å². The summed E-state index contributed by atoms with van der Waals surface area (Å²) in [4.78, 5) is 2.51. The number of likely N-dealkylation sites (tertiary alicyclic amines) is 1. The largest absolute Gasteiger partial charge is 0.497 e. The average Bonchev–Trinajstić information content (AvgIpc) is 3.37. The maximum absolute atomic E-state index is 14.3. The summed E-state index contributed by atoms with van der Waals surface area (Å²) in [5.74, 6) is 0.951. The van der Waals surface area contributed by atoms with Crippen LogP contribution in [0.2, 0.25) is 0 Å². The smallest absolute Gasteiger partial charge is 0.420 e. The van der Waals surface area contributed by atoms with Crippen LogP contribution in [0.1, 0.15) is 31.2 Å². The number of fused-ring (bicyclic) bond motifs is 1. The van der Waals surface area contributed by atoms with Gasteiger partial charge in [0.2, 0.25) is 0 Å². The zero-order chi connectivity index (χ0) is 24.6. The molecule has 0 spiro atoms. The minimum Gasteiger partial charge on any atom is -0.497 e. The van der Waals surface area contributed by atoms with Gasteiger partial charge in [0.15, 0.2) is 5.82 Å². The summed E-state index contributed by atoms with van der Waals surface area (Å²) in [6.45, 7) is 4.74. The molecule has 6 nitrogen and oxygen atoms in total. The molecule has 1 saturated carbocycles. The summed E-state index contributed by atoms with van der Waals surface area (Å²) in [7, 11) is 1.40. The third kappa shape index (κ3) is 5.38. The Labute approximate surface area is 202 Å². The predicted molar refractivity (Wildman–Crippen MR) is 123 cm³/mol. The van der Waals surface area contributed by atoms with Gasteiger partial charge in [0, 0.05) is 44.5 Å². The fraction of sp³-hybridized carbons (Fsp3) is 0.600. The standard InChI is InChI=1S/C25H30F4N4O2/c1-34-19-2-3-22(26)20(10-19)23-11-21(25(27,28)29)24(32-31-23)30-18-8-16-13-33(14-17(16)9-18)12-15-4-6-35-7-5-15/h2-3,10-11,15-18H,4-9,12-14H2,1H3,(H,30,32)/t16-,17+,18?. The number of ether oxygens (including phenoxy) is 2. The highest BCUT2D eigenvalue weighted by molar-refractivity contribution is 5.64. The highest BCUT2D eigenvalue weighted by Crippen LogP contribution is 2.42. The van der Waals surface area contributed by atoms with Crippen LogP contribution in [0.15, 0.2) is 24.3 Å². The van der Waals surface area contributed by atoms with Gasteiger partial charge in [-0.05, 0) is 67.7 Å². The van der Waals surface area contributed by atoms with Crippen molar-refractivity contribution in [2.45, 2.75) is 37.9 Å². The van der Waals surface area contributed by atoms with Gasteiger partial charge in [0.05, 0.1) is 12.8 Å².